The zero-order valence-corrected chi connectivity index (χ0v) is 15.5. The number of hydrogen-bond donors (Lipinski definition) is 2. The lowest BCUT2D eigenvalue weighted by molar-refractivity contribution is 0.0601. The molecule has 3 N–H and O–H groups in total. The van der Waals surface area contributed by atoms with Crippen LogP contribution in [0.5, 0.6) is 5.75 Å². The molecule has 3 rings (SSSR count). The Balaban J connectivity index is 1.67. The molecule has 3 aromatic rings. The zero-order valence-electron chi connectivity index (χ0n) is 15.5. The fraction of sp³-hybridized carbons (Fsp3) is 0.150. The summed E-state index contributed by atoms with van der Waals surface area (Å²) < 4.78 is 11.2. The number of nitrogens with zero attached hydrogens (tertiary/aromatic N) is 2. The number of rotatable bonds is 6. The first-order valence-corrected chi connectivity index (χ1v) is 8.47. The smallest absolute Gasteiger partial charge is 0.343 e. The summed E-state index contributed by atoms with van der Waals surface area (Å²) in [6.07, 6.45) is 1.34. The van der Waals surface area contributed by atoms with E-state index in [4.69, 9.17) is 10.5 Å². The summed E-state index contributed by atoms with van der Waals surface area (Å²) in [5.41, 5.74) is 8.22. The number of nitrogens with one attached hydrogen (secondary N) is 1. The molecule has 0 atom stereocenters. The number of methoxy groups -OCH3 is 2. The maximum absolute atomic E-state index is 12.3. The van der Waals surface area contributed by atoms with E-state index in [1.54, 1.807) is 31.4 Å². The van der Waals surface area contributed by atoms with Crippen LogP contribution in [0.25, 0.3) is 5.69 Å². The summed E-state index contributed by atoms with van der Waals surface area (Å²) in [5.74, 6) is 0.173. The summed E-state index contributed by atoms with van der Waals surface area (Å²) in [7, 11) is 2.88. The van der Waals surface area contributed by atoms with Crippen molar-refractivity contribution in [1.29, 1.82) is 0 Å². The number of nitrogens with two attached hydrogens (primary N) is 1. The molecule has 1 heterocycles. The second-order valence-corrected chi connectivity index (χ2v) is 5.92. The van der Waals surface area contributed by atoms with Crippen LogP contribution >= 0.6 is 0 Å². The van der Waals surface area contributed by atoms with Crippen molar-refractivity contribution in [2.24, 2.45) is 0 Å². The van der Waals surface area contributed by atoms with E-state index in [0.29, 0.717) is 17.8 Å². The van der Waals surface area contributed by atoms with Crippen LogP contribution in [0, 0.1) is 0 Å². The summed E-state index contributed by atoms with van der Waals surface area (Å²) >= 11 is 0. The Hall–Kier alpha value is -3.81. The van der Waals surface area contributed by atoms with Crippen molar-refractivity contribution in [2.75, 3.05) is 20.0 Å². The number of esters is 1. The fourth-order valence-electron chi connectivity index (χ4n) is 2.61. The average molecular weight is 380 g/mol. The molecule has 0 aliphatic heterocycles. The largest absolute Gasteiger partial charge is 0.497 e. The number of ether oxygens (including phenoxy) is 2. The third kappa shape index (κ3) is 3.96. The second-order valence-electron chi connectivity index (χ2n) is 5.92. The Bertz CT molecular complexity index is 978. The highest BCUT2D eigenvalue weighted by molar-refractivity contribution is 5.95. The van der Waals surface area contributed by atoms with E-state index in [1.165, 1.54) is 18.0 Å². The van der Waals surface area contributed by atoms with Crippen LogP contribution in [0.2, 0.25) is 0 Å². The standard InChI is InChI=1S/C20H20N4O4/c1-27-16-9-3-13(4-10-16)11-22-19(25)14-5-7-15(8-6-14)24-18(21)17(12-23-24)20(26)28-2/h3-10,12H,11,21H2,1-2H3,(H,22,25). The van der Waals surface area contributed by atoms with Gasteiger partial charge in [-0.05, 0) is 42.0 Å². The minimum atomic E-state index is -0.557. The third-order valence-electron chi connectivity index (χ3n) is 4.20. The van der Waals surface area contributed by atoms with Crippen molar-refractivity contribution in [1.82, 2.24) is 15.1 Å². The zero-order chi connectivity index (χ0) is 20.1. The molecule has 8 nitrogen and oxygen atoms in total. The predicted molar refractivity (Wildman–Crippen MR) is 103 cm³/mol. The number of hydrogen-bond acceptors (Lipinski definition) is 6. The molecule has 144 valence electrons. The van der Waals surface area contributed by atoms with Gasteiger partial charge in [0.2, 0.25) is 0 Å². The number of nitrogen functional groups attached to an aromatic ring is 1. The first kappa shape index (κ1) is 19.0. The van der Waals surface area contributed by atoms with Gasteiger partial charge in [0.05, 0.1) is 26.1 Å². The molecule has 0 saturated heterocycles. The number of amides is 1. The highest BCUT2D eigenvalue weighted by Gasteiger charge is 2.16. The molecule has 8 heteroatoms. The predicted octanol–water partition coefficient (Wildman–Crippen LogP) is 2.18. The SMILES string of the molecule is COC(=O)c1cnn(-c2ccc(C(=O)NCc3ccc(OC)cc3)cc2)c1N. The molecule has 0 fully saturated rings. The van der Waals surface area contributed by atoms with Crippen molar-refractivity contribution in [3.63, 3.8) is 0 Å². The van der Waals surface area contributed by atoms with Gasteiger partial charge in [-0.25, -0.2) is 9.48 Å². The van der Waals surface area contributed by atoms with Crippen LogP contribution < -0.4 is 15.8 Å². The number of carbonyl (C=O) groups is 2. The monoisotopic (exact) mass is 380 g/mol. The topological polar surface area (TPSA) is 108 Å². The van der Waals surface area contributed by atoms with E-state index in [1.807, 2.05) is 24.3 Å². The normalized spacial score (nSPS) is 10.4. The molecule has 0 spiro atoms. The number of carbonyl (C=O) groups excluding carboxylic acids is 2. The van der Waals surface area contributed by atoms with E-state index in [9.17, 15) is 9.59 Å². The van der Waals surface area contributed by atoms with E-state index >= 15 is 0 Å². The summed E-state index contributed by atoms with van der Waals surface area (Å²) in [6.45, 7) is 0.402. The Labute approximate surface area is 161 Å². The maximum Gasteiger partial charge on any atom is 0.343 e. The lowest BCUT2D eigenvalue weighted by Gasteiger charge is -2.08. The van der Waals surface area contributed by atoms with Gasteiger partial charge in [-0.1, -0.05) is 12.1 Å². The molecule has 2 aromatic carbocycles. The number of anilines is 1. The molecular formula is C20H20N4O4. The second kappa shape index (κ2) is 8.26. The van der Waals surface area contributed by atoms with Crippen LogP contribution in [0.15, 0.2) is 54.7 Å². The third-order valence-corrected chi connectivity index (χ3v) is 4.20. The molecule has 1 aromatic heterocycles. The lowest BCUT2D eigenvalue weighted by Crippen LogP contribution is -2.22. The van der Waals surface area contributed by atoms with Crippen LogP contribution in [-0.4, -0.2) is 35.9 Å². The first-order valence-electron chi connectivity index (χ1n) is 8.47. The highest BCUT2D eigenvalue weighted by atomic mass is 16.5. The van der Waals surface area contributed by atoms with Gasteiger partial charge in [-0.3, -0.25) is 4.79 Å². The van der Waals surface area contributed by atoms with Crippen molar-refractivity contribution in [3.05, 3.63) is 71.4 Å². The molecule has 0 saturated carbocycles. The van der Waals surface area contributed by atoms with E-state index in [2.05, 4.69) is 15.2 Å². The van der Waals surface area contributed by atoms with E-state index in [-0.39, 0.29) is 17.3 Å². The van der Waals surface area contributed by atoms with Crippen LogP contribution in [0.4, 0.5) is 5.82 Å². The van der Waals surface area contributed by atoms with Crippen molar-refractivity contribution in [3.8, 4) is 11.4 Å². The van der Waals surface area contributed by atoms with Crippen molar-refractivity contribution >= 4 is 17.7 Å². The first-order chi connectivity index (χ1) is 13.5. The van der Waals surface area contributed by atoms with E-state index < -0.39 is 5.97 Å². The van der Waals surface area contributed by atoms with E-state index in [0.717, 1.165) is 11.3 Å². The number of benzene rings is 2. The molecule has 0 bridgehead atoms. The Morgan fingerprint density at radius 2 is 1.75 bits per heavy atom. The molecule has 0 aliphatic rings. The highest BCUT2D eigenvalue weighted by Crippen LogP contribution is 2.18. The molecule has 0 aliphatic carbocycles. The molecule has 1 amide bonds. The van der Waals surface area contributed by atoms with Crippen molar-refractivity contribution < 1.29 is 19.1 Å². The van der Waals surface area contributed by atoms with Gasteiger partial charge >= 0.3 is 5.97 Å². The van der Waals surface area contributed by atoms with Gasteiger partial charge in [0.25, 0.3) is 5.91 Å². The lowest BCUT2D eigenvalue weighted by atomic mass is 10.1. The minimum absolute atomic E-state index is 0.170. The minimum Gasteiger partial charge on any atom is -0.497 e. The Morgan fingerprint density at radius 1 is 1.07 bits per heavy atom. The fourth-order valence-corrected chi connectivity index (χ4v) is 2.61. The number of aromatic nitrogens is 2. The average Bonchev–Trinajstić information content (AvgIpc) is 3.13. The van der Waals surface area contributed by atoms with Gasteiger partial charge in [-0.15, -0.1) is 0 Å². The Kier molecular flexibility index (Phi) is 5.59. The summed E-state index contributed by atoms with van der Waals surface area (Å²) in [4.78, 5) is 24.0. The summed E-state index contributed by atoms with van der Waals surface area (Å²) in [5, 5.41) is 6.96. The van der Waals surface area contributed by atoms with Crippen molar-refractivity contribution in [2.45, 2.75) is 6.54 Å². The van der Waals surface area contributed by atoms with Gasteiger partial charge in [0, 0.05) is 12.1 Å². The summed E-state index contributed by atoms with van der Waals surface area (Å²) in [6, 6.07) is 14.2. The molecular weight excluding hydrogens is 360 g/mol. The van der Waals surface area contributed by atoms with Gasteiger partial charge in [0.1, 0.15) is 17.1 Å². The van der Waals surface area contributed by atoms with Gasteiger partial charge in [0.15, 0.2) is 0 Å². The van der Waals surface area contributed by atoms with Crippen LogP contribution in [0.3, 0.4) is 0 Å². The van der Waals surface area contributed by atoms with Crippen LogP contribution in [0.1, 0.15) is 26.3 Å². The molecule has 0 radical (unpaired) electrons. The Morgan fingerprint density at radius 3 is 2.36 bits per heavy atom. The van der Waals surface area contributed by atoms with Crippen LogP contribution in [-0.2, 0) is 11.3 Å². The van der Waals surface area contributed by atoms with Gasteiger partial charge < -0.3 is 20.5 Å². The van der Waals surface area contributed by atoms with Gasteiger partial charge in [-0.2, -0.15) is 5.10 Å². The maximum atomic E-state index is 12.3. The molecule has 0 unspecified atom stereocenters. The molecule has 28 heavy (non-hydrogen) atoms. The quantitative estimate of drug-likeness (QED) is 0.635.